The number of aromatic nitrogens is 3. The monoisotopic (exact) mass is 514 g/mol. The van der Waals surface area contributed by atoms with Crippen LogP contribution in [0.2, 0.25) is 0 Å². The van der Waals surface area contributed by atoms with Crippen molar-refractivity contribution < 1.29 is 14.6 Å². The number of imidazole rings is 1. The summed E-state index contributed by atoms with van der Waals surface area (Å²) in [5.74, 6) is 1.87. The Bertz CT molecular complexity index is 1540. The van der Waals surface area contributed by atoms with Gasteiger partial charge in [-0.1, -0.05) is 24.3 Å². The van der Waals surface area contributed by atoms with Crippen molar-refractivity contribution in [2.75, 3.05) is 13.1 Å². The zero-order chi connectivity index (χ0) is 25.4. The third-order valence-corrected chi connectivity index (χ3v) is 8.19. The summed E-state index contributed by atoms with van der Waals surface area (Å²) in [6.45, 7) is 1.95. The second-order valence-electron chi connectivity index (χ2n) is 9.67. The number of carbonyl (C=O) groups is 1. The van der Waals surface area contributed by atoms with Crippen molar-refractivity contribution in [2.24, 2.45) is 7.05 Å². The number of carboxylic acid groups (broad SMARTS) is 1. The van der Waals surface area contributed by atoms with E-state index in [0.29, 0.717) is 13.1 Å². The first-order chi connectivity index (χ1) is 18.1. The van der Waals surface area contributed by atoms with E-state index in [1.807, 2.05) is 18.2 Å². The van der Waals surface area contributed by atoms with Crippen LogP contribution in [0.25, 0.3) is 32.8 Å². The molecule has 1 saturated heterocycles. The maximum absolute atomic E-state index is 11.1. The van der Waals surface area contributed by atoms with Gasteiger partial charge in [-0.2, -0.15) is 0 Å². The summed E-state index contributed by atoms with van der Waals surface area (Å²) < 4.78 is 12.0. The average Bonchev–Trinajstić information content (AvgIpc) is 3.60. The number of para-hydroxylation sites is 2. The van der Waals surface area contributed by atoms with E-state index in [1.165, 1.54) is 26.2 Å². The number of benzene rings is 2. The number of thiophene rings is 1. The van der Waals surface area contributed by atoms with Crippen LogP contribution in [0, 0.1) is 0 Å². The Morgan fingerprint density at radius 2 is 1.86 bits per heavy atom. The summed E-state index contributed by atoms with van der Waals surface area (Å²) in [7, 11) is 2.12. The maximum Gasteiger partial charge on any atom is 0.407 e. The van der Waals surface area contributed by atoms with E-state index in [-0.39, 0.29) is 6.10 Å². The molecule has 190 valence electrons. The third kappa shape index (κ3) is 4.69. The van der Waals surface area contributed by atoms with Crippen molar-refractivity contribution in [3.8, 4) is 17.3 Å². The summed E-state index contributed by atoms with van der Waals surface area (Å²) in [6.07, 6.45) is 2.65. The number of nitrogens with zero attached hydrogens (tertiary/aromatic N) is 4. The Morgan fingerprint density at radius 3 is 2.62 bits per heavy atom. The minimum Gasteiger partial charge on any atom is -0.490 e. The number of hydrogen-bond acceptors (Lipinski definition) is 4. The fraction of sp³-hybridized carbons (Fsp3) is 0.310. The molecule has 2 aromatic carbocycles. The lowest BCUT2D eigenvalue weighted by Gasteiger charge is -2.30. The first-order valence-electron chi connectivity index (χ1n) is 12.8. The van der Waals surface area contributed by atoms with Crippen molar-refractivity contribution in [3.05, 3.63) is 71.6 Å². The van der Waals surface area contributed by atoms with Crippen molar-refractivity contribution in [1.82, 2.24) is 19.0 Å². The number of hydrogen-bond donors (Lipinski definition) is 1. The topological polar surface area (TPSA) is 72.5 Å². The molecule has 8 heteroatoms. The highest BCUT2D eigenvalue weighted by Crippen LogP contribution is 2.32. The normalized spacial score (nSPS) is 14.6. The van der Waals surface area contributed by atoms with Gasteiger partial charge in [0, 0.05) is 39.5 Å². The summed E-state index contributed by atoms with van der Waals surface area (Å²) in [4.78, 5) is 17.6. The van der Waals surface area contributed by atoms with Crippen LogP contribution in [-0.4, -0.2) is 49.4 Å². The second kappa shape index (κ2) is 9.94. The number of fused-ring (bicyclic) bond motifs is 2. The van der Waals surface area contributed by atoms with Gasteiger partial charge in [-0.15, -0.1) is 11.3 Å². The molecule has 37 heavy (non-hydrogen) atoms. The van der Waals surface area contributed by atoms with E-state index in [0.717, 1.165) is 55.0 Å². The van der Waals surface area contributed by atoms with Crippen molar-refractivity contribution in [2.45, 2.75) is 38.3 Å². The van der Waals surface area contributed by atoms with Crippen LogP contribution >= 0.6 is 11.3 Å². The number of amides is 1. The molecule has 1 aliphatic rings. The van der Waals surface area contributed by atoms with Crippen LogP contribution in [0.15, 0.2) is 66.0 Å². The number of likely N-dealkylation sites (tertiary alicyclic amines) is 1. The lowest BCUT2D eigenvalue weighted by atomic mass is 10.1. The lowest BCUT2D eigenvalue weighted by Crippen LogP contribution is -2.41. The highest BCUT2D eigenvalue weighted by Gasteiger charge is 2.23. The smallest absolute Gasteiger partial charge is 0.407 e. The lowest BCUT2D eigenvalue weighted by molar-refractivity contribution is 0.0894. The van der Waals surface area contributed by atoms with Crippen LogP contribution in [0.3, 0.4) is 0 Å². The van der Waals surface area contributed by atoms with Gasteiger partial charge in [0.05, 0.1) is 26.9 Å². The van der Waals surface area contributed by atoms with Gasteiger partial charge in [0.2, 0.25) is 0 Å². The second-order valence-corrected chi connectivity index (χ2v) is 10.6. The molecular weight excluding hydrogens is 484 g/mol. The summed E-state index contributed by atoms with van der Waals surface area (Å²) in [6, 6.07) is 21.1. The number of piperidine rings is 1. The molecule has 1 aliphatic heterocycles. The first kappa shape index (κ1) is 23.6. The summed E-state index contributed by atoms with van der Waals surface area (Å²) in [5.41, 5.74) is 5.86. The molecule has 4 heterocycles. The molecule has 0 unspecified atom stereocenters. The van der Waals surface area contributed by atoms with E-state index in [4.69, 9.17) is 14.8 Å². The van der Waals surface area contributed by atoms with Crippen LogP contribution in [0.1, 0.15) is 24.8 Å². The molecule has 0 bridgehead atoms. The predicted molar refractivity (Wildman–Crippen MR) is 148 cm³/mol. The van der Waals surface area contributed by atoms with Gasteiger partial charge in [0.15, 0.2) is 5.82 Å². The number of ether oxygens (including phenoxy) is 1. The van der Waals surface area contributed by atoms with E-state index in [9.17, 15) is 4.79 Å². The molecule has 0 spiro atoms. The van der Waals surface area contributed by atoms with Crippen molar-refractivity contribution in [3.63, 3.8) is 0 Å². The zero-order valence-electron chi connectivity index (χ0n) is 20.8. The molecule has 0 aliphatic carbocycles. The van der Waals surface area contributed by atoms with Crippen LogP contribution in [-0.2, 0) is 20.0 Å². The highest BCUT2D eigenvalue weighted by atomic mass is 32.1. The van der Waals surface area contributed by atoms with Gasteiger partial charge in [-0.05, 0) is 60.2 Å². The quantitative estimate of drug-likeness (QED) is 0.272. The molecule has 0 radical (unpaired) electrons. The Kier molecular flexibility index (Phi) is 6.34. The highest BCUT2D eigenvalue weighted by molar-refractivity contribution is 7.17. The number of rotatable bonds is 7. The summed E-state index contributed by atoms with van der Waals surface area (Å²) in [5, 5.41) is 11.2. The van der Waals surface area contributed by atoms with Crippen molar-refractivity contribution in [1.29, 1.82) is 0 Å². The SMILES string of the molecule is Cn1c(-c2nc3ccccc3n2CCCc2ccc(OC3CCN(C(=O)O)CC3)cc2)cc2sccc21. The largest absolute Gasteiger partial charge is 0.490 e. The molecule has 3 aromatic heterocycles. The third-order valence-electron chi connectivity index (χ3n) is 7.33. The minimum atomic E-state index is -0.845. The average molecular weight is 515 g/mol. The molecule has 0 atom stereocenters. The van der Waals surface area contributed by atoms with Crippen LogP contribution in [0.5, 0.6) is 5.75 Å². The molecule has 1 fully saturated rings. The standard InChI is InChI=1S/C29H30N4O3S/c1-31-25-14-18-37-27(25)19-26(31)28-30-23-6-2-3-7-24(23)33(28)15-4-5-20-8-10-21(11-9-20)36-22-12-16-32(17-13-22)29(34)35/h2-3,6-11,14,18-19,22H,4-5,12-13,15-17H2,1H3,(H,34,35). The fourth-order valence-corrected chi connectivity index (χ4v) is 6.14. The van der Waals surface area contributed by atoms with Gasteiger partial charge in [0.1, 0.15) is 11.9 Å². The van der Waals surface area contributed by atoms with Gasteiger partial charge in [-0.25, -0.2) is 9.78 Å². The van der Waals surface area contributed by atoms with Gasteiger partial charge in [-0.3, -0.25) is 0 Å². The Labute approximate surface area is 219 Å². The van der Waals surface area contributed by atoms with E-state index in [2.05, 4.69) is 64.0 Å². The van der Waals surface area contributed by atoms with E-state index >= 15 is 0 Å². The maximum atomic E-state index is 11.1. The molecular formula is C29H30N4O3S. The minimum absolute atomic E-state index is 0.0715. The van der Waals surface area contributed by atoms with Crippen molar-refractivity contribution >= 4 is 38.7 Å². The van der Waals surface area contributed by atoms with E-state index in [1.54, 1.807) is 11.3 Å². The molecule has 1 N–H and O–H groups in total. The molecule has 6 rings (SSSR count). The molecule has 7 nitrogen and oxygen atoms in total. The van der Waals surface area contributed by atoms with E-state index < -0.39 is 6.09 Å². The van der Waals surface area contributed by atoms with Gasteiger partial charge >= 0.3 is 6.09 Å². The van der Waals surface area contributed by atoms with Crippen LogP contribution < -0.4 is 4.74 Å². The predicted octanol–water partition coefficient (Wildman–Crippen LogP) is 6.41. The van der Waals surface area contributed by atoms with Gasteiger partial charge in [0.25, 0.3) is 0 Å². The zero-order valence-corrected chi connectivity index (χ0v) is 21.7. The molecule has 5 aromatic rings. The Balaban J connectivity index is 1.13. The Morgan fingerprint density at radius 1 is 1.08 bits per heavy atom. The van der Waals surface area contributed by atoms with Crippen LogP contribution in [0.4, 0.5) is 4.79 Å². The fourth-order valence-electron chi connectivity index (χ4n) is 5.30. The molecule has 0 saturated carbocycles. The summed E-state index contributed by atoms with van der Waals surface area (Å²) >= 11 is 1.76. The first-order valence-corrected chi connectivity index (χ1v) is 13.7. The number of aryl methyl sites for hydroxylation is 3. The Hall–Kier alpha value is -3.78. The van der Waals surface area contributed by atoms with Gasteiger partial charge < -0.3 is 23.9 Å². The molecule has 1 amide bonds.